The average Bonchev–Trinajstić information content (AvgIpc) is 3.26. The maximum Gasteiger partial charge on any atom is 0.241 e. The van der Waals surface area contributed by atoms with Gasteiger partial charge in [-0.05, 0) is 49.1 Å². The fraction of sp³-hybridized carbons (Fsp3) is 0.435. The molecule has 0 N–H and O–H groups in total. The second-order valence-electron chi connectivity index (χ2n) is 8.26. The Hall–Kier alpha value is -2.38. The first kappa shape index (κ1) is 20.9. The highest BCUT2D eigenvalue weighted by Gasteiger charge is 2.36. The quantitative estimate of drug-likeness (QED) is 0.708. The molecule has 7 heteroatoms. The molecule has 4 rings (SSSR count). The number of amides is 1. The highest BCUT2D eigenvalue weighted by atomic mass is 32.2. The zero-order valence-electron chi connectivity index (χ0n) is 17.5. The number of fused-ring (bicyclic) bond motifs is 1. The molecule has 2 heterocycles. The van der Waals surface area contributed by atoms with Gasteiger partial charge in [0.05, 0.1) is 25.2 Å². The number of hydrogen-bond donors (Lipinski definition) is 0. The summed E-state index contributed by atoms with van der Waals surface area (Å²) in [5, 5.41) is 0. The number of benzene rings is 2. The number of rotatable bonds is 6. The van der Waals surface area contributed by atoms with Crippen molar-refractivity contribution >= 4 is 21.4 Å². The third kappa shape index (κ3) is 4.37. The van der Waals surface area contributed by atoms with Crippen LogP contribution in [0.4, 0.5) is 5.69 Å². The lowest BCUT2D eigenvalue weighted by molar-refractivity contribution is -0.120. The molecule has 0 spiro atoms. The molecule has 0 bridgehead atoms. The summed E-state index contributed by atoms with van der Waals surface area (Å²) >= 11 is 0. The van der Waals surface area contributed by atoms with Gasteiger partial charge < -0.3 is 9.64 Å². The molecule has 0 saturated carbocycles. The van der Waals surface area contributed by atoms with E-state index in [4.69, 9.17) is 4.74 Å². The van der Waals surface area contributed by atoms with E-state index in [1.807, 2.05) is 52.3 Å². The lowest BCUT2D eigenvalue weighted by Crippen LogP contribution is -2.46. The van der Waals surface area contributed by atoms with Crippen LogP contribution in [0.25, 0.3) is 0 Å². The number of hydrogen-bond acceptors (Lipinski definition) is 5. The van der Waals surface area contributed by atoms with Crippen LogP contribution < -0.4 is 9.64 Å². The highest BCUT2D eigenvalue weighted by molar-refractivity contribution is 7.91. The summed E-state index contributed by atoms with van der Waals surface area (Å²) in [5.74, 6) is 1.09. The number of carbonyl (C=O) groups excluding carboxylic acids is 1. The van der Waals surface area contributed by atoms with Crippen molar-refractivity contribution < 1.29 is 17.9 Å². The van der Waals surface area contributed by atoms with Gasteiger partial charge in [-0.25, -0.2) is 8.42 Å². The highest BCUT2D eigenvalue weighted by Crippen LogP contribution is 2.32. The third-order valence-electron chi connectivity index (χ3n) is 6.08. The van der Waals surface area contributed by atoms with Crippen LogP contribution in [0.1, 0.15) is 24.5 Å². The summed E-state index contributed by atoms with van der Waals surface area (Å²) in [5.41, 5.74) is 3.18. The fourth-order valence-corrected chi connectivity index (χ4v) is 6.30. The maximum atomic E-state index is 13.4. The summed E-state index contributed by atoms with van der Waals surface area (Å²) in [7, 11) is -1.42. The largest absolute Gasteiger partial charge is 0.497 e. The van der Waals surface area contributed by atoms with Crippen LogP contribution >= 0.6 is 0 Å². The molecular weight excluding hydrogens is 400 g/mol. The van der Waals surface area contributed by atoms with Crippen LogP contribution in [0.3, 0.4) is 0 Å². The molecule has 6 nitrogen and oxygen atoms in total. The van der Waals surface area contributed by atoms with E-state index in [1.54, 1.807) is 7.11 Å². The van der Waals surface area contributed by atoms with Crippen LogP contribution in [0.15, 0.2) is 48.5 Å². The van der Waals surface area contributed by atoms with Crippen molar-refractivity contribution in [1.29, 1.82) is 0 Å². The van der Waals surface area contributed by atoms with E-state index < -0.39 is 9.84 Å². The monoisotopic (exact) mass is 428 g/mol. The molecule has 160 valence electrons. The van der Waals surface area contributed by atoms with Crippen molar-refractivity contribution in [3.8, 4) is 5.75 Å². The zero-order valence-corrected chi connectivity index (χ0v) is 18.3. The molecule has 2 unspecified atom stereocenters. The predicted octanol–water partition coefficient (Wildman–Crippen LogP) is 2.66. The molecule has 2 aromatic carbocycles. The fourth-order valence-electron chi connectivity index (χ4n) is 4.54. The minimum atomic E-state index is -3.04. The van der Waals surface area contributed by atoms with Crippen molar-refractivity contribution in [3.63, 3.8) is 0 Å². The lowest BCUT2D eigenvalue weighted by atomic mass is 10.1. The van der Waals surface area contributed by atoms with Crippen LogP contribution in [0, 0.1) is 0 Å². The van der Waals surface area contributed by atoms with E-state index in [2.05, 4.69) is 13.0 Å². The van der Waals surface area contributed by atoms with Crippen molar-refractivity contribution in [2.45, 2.75) is 38.4 Å². The van der Waals surface area contributed by atoms with Crippen LogP contribution in [0.2, 0.25) is 0 Å². The van der Waals surface area contributed by atoms with Gasteiger partial charge in [-0.3, -0.25) is 9.69 Å². The Morgan fingerprint density at radius 1 is 1.17 bits per heavy atom. The van der Waals surface area contributed by atoms with Gasteiger partial charge in [-0.2, -0.15) is 0 Å². The average molecular weight is 429 g/mol. The van der Waals surface area contributed by atoms with Gasteiger partial charge in [0, 0.05) is 24.3 Å². The number of para-hydroxylation sites is 1. The van der Waals surface area contributed by atoms with E-state index in [1.165, 1.54) is 5.56 Å². The van der Waals surface area contributed by atoms with E-state index in [0.29, 0.717) is 13.0 Å². The first-order valence-electron chi connectivity index (χ1n) is 10.3. The predicted molar refractivity (Wildman–Crippen MR) is 118 cm³/mol. The number of carbonyl (C=O) groups is 1. The Morgan fingerprint density at radius 2 is 1.90 bits per heavy atom. The minimum Gasteiger partial charge on any atom is -0.497 e. The topological polar surface area (TPSA) is 66.9 Å². The summed E-state index contributed by atoms with van der Waals surface area (Å²) in [6, 6.07) is 15.7. The molecule has 0 aliphatic carbocycles. The number of sulfone groups is 1. The molecule has 0 radical (unpaired) electrons. The molecule has 1 saturated heterocycles. The molecular formula is C23H28N2O4S. The normalized spacial score (nSPS) is 22.3. The van der Waals surface area contributed by atoms with Gasteiger partial charge >= 0.3 is 0 Å². The minimum absolute atomic E-state index is 0.0188. The Bertz CT molecular complexity index is 1020. The summed E-state index contributed by atoms with van der Waals surface area (Å²) in [6.07, 6.45) is 1.41. The number of nitrogens with zero attached hydrogens (tertiary/aromatic N) is 2. The van der Waals surface area contributed by atoms with Crippen molar-refractivity contribution in [1.82, 2.24) is 4.90 Å². The summed E-state index contributed by atoms with van der Waals surface area (Å²) < 4.78 is 29.4. The zero-order chi connectivity index (χ0) is 21.3. The van der Waals surface area contributed by atoms with E-state index in [0.717, 1.165) is 23.4 Å². The van der Waals surface area contributed by atoms with Gasteiger partial charge in [0.2, 0.25) is 5.91 Å². The number of ether oxygens (including phenoxy) is 1. The standard InChI is InChI=1S/C23H28N2O4S/c1-17-13-19-5-3-4-6-22(19)25(17)23(26)15-24(20-11-12-30(27,28)16-20)14-18-7-9-21(29-2)10-8-18/h3-10,17,20H,11-16H2,1-2H3. The Kier molecular flexibility index (Phi) is 5.84. The molecule has 1 amide bonds. The number of methoxy groups -OCH3 is 1. The second kappa shape index (κ2) is 8.40. The third-order valence-corrected chi connectivity index (χ3v) is 7.83. The molecule has 2 aliphatic rings. The van der Waals surface area contributed by atoms with E-state index in [9.17, 15) is 13.2 Å². The SMILES string of the molecule is COc1ccc(CN(CC(=O)N2c3ccccc3CC2C)C2CCS(=O)(=O)C2)cc1. The molecule has 2 aliphatic heterocycles. The van der Waals surface area contributed by atoms with Gasteiger partial charge in [0.15, 0.2) is 9.84 Å². The Balaban J connectivity index is 1.55. The molecule has 2 aromatic rings. The van der Waals surface area contributed by atoms with Crippen molar-refractivity contribution in [2.24, 2.45) is 0 Å². The first-order chi connectivity index (χ1) is 14.4. The smallest absolute Gasteiger partial charge is 0.241 e. The molecule has 0 aromatic heterocycles. The maximum absolute atomic E-state index is 13.4. The van der Waals surface area contributed by atoms with Crippen molar-refractivity contribution in [2.75, 3.05) is 30.1 Å². The van der Waals surface area contributed by atoms with Crippen LogP contribution in [0.5, 0.6) is 5.75 Å². The summed E-state index contributed by atoms with van der Waals surface area (Å²) in [4.78, 5) is 17.3. The van der Waals surface area contributed by atoms with Crippen molar-refractivity contribution in [3.05, 3.63) is 59.7 Å². The van der Waals surface area contributed by atoms with Crippen LogP contribution in [-0.2, 0) is 27.6 Å². The van der Waals surface area contributed by atoms with Crippen LogP contribution in [-0.4, -0.2) is 56.5 Å². The number of anilines is 1. The molecule has 2 atom stereocenters. The summed E-state index contributed by atoms with van der Waals surface area (Å²) in [6.45, 7) is 2.79. The van der Waals surface area contributed by atoms with Gasteiger partial charge in [0.25, 0.3) is 0 Å². The Labute approximate surface area is 178 Å². The molecule has 1 fully saturated rings. The van der Waals surface area contributed by atoms with E-state index >= 15 is 0 Å². The van der Waals surface area contributed by atoms with Gasteiger partial charge in [-0.15, -0.1) is 0 Å². The van der Waals surface area contributed by atoms with E-state index in [-0.39, 0.29) is 36.0 Å². The second-order valence-corrected chi connectivity index (χ2v) is 10.5. The Morgan fingerprint density at radius 3 is 2.57 bits per heavy atom. The lowest BCUT2D eigenvalue weighted by Gasteiger charge is -2.31. The van der Waals surface area contributed by atoms with Gasteiger partial charge in [-0.1, -0.05) is 30.3 Å². The molecule has 30 heavy (non-hydrogen) atoms. The van der Waals surface area contributed by atoms with Gasteiger partial charge in [0.1, 0.15) is 5.75 Å². The first-order valence-corrected chi connectivity index (χ1v) is 12.2.